The quantitative estimate of drug-likeness (QED) is 0.678. The highest BCUT2D eigenvalue weighted by atomic mass is 16.5. The molecular formula is C17H16N2O4. The van der Waals surface area contributed by atoms with Crippen molar-refractivity contribution in [2.24, 2.45) is 0 Å². The van der Waals surface area contributed by atoms with E-state index in [4.69, 9.17) is 14.2 Å². The number of aromatic nitrogens is 2. The lowest BCUT2D eigenvalue weighted by Gasteiger charge is -2.08. The van der Waals surface area contributed by atoms with Gasteiger partial charge in [-0.05, 0) is 24.3 Å². The van der Waals surface area contributed by atoms with Crippen molar-refractivity contribution >= 4 is 11.6 Å². The molecule has 0 radical (unpaired) electrons. The van der Waals surface area contributed by atoms with Gasteiger partial charge >= 0.3 is 5.97 Å². The summed E-state index contributed by atoms with van der Waals surface area (Å²) in [6.45, 7) is 0.301. The number of methoxy groups -OCH3 is 2. The van der Waals surface area contributed by atoms with E-state index in [1.54, 1.807) is 25.4 Å². The third kappa shape index (κ3) is 3.11. The van der Waals surface area contributed by atoms with Gasteiger partial charge in [-0.2, -0.15) is 0 Å². The molecule has 0 aliphatic carbocycles. The molecule has 23 heavy (non-hydrogen) atoms. The second-order valence-electron chi connectivity index (χ2n) is 4.84. The SMILES string of the molecule is COC(=O)c1ccn2cc(COc3ccccc3OC)nc2c1. The van der Waals surface area contributed by atoms with E-state index in [-0.39, 0.29) is 5.97 Å². The number of nitrogens with zero attached hydrogens (tertiary/aromatic N) is 2. The fourth-order valence-electron chi connectivity index (χ4n) is 2.24. The van der Waals surface area contributed by atoms with Gasteiger partial charge in [0.05, 0.1) is 25.5 Å². The number of benzene rings is 1. The van der Waals surface area contributed by atoms with Crippen LogP contribution < -0.4 is 9.47 Å². The molecule has 0 fully saturated rings. The standard InChI is InChI=1S/C17H16N2O4/c1-21-14-5-3-4-6-15(14)23-11-13-10-19-8-7-12(17(20)22-2)9-16(19)18-13/h3-10H,11H2,1-2H3. The van der Waals surface area contributed by atoms with Crippen molar-refractivity contribution in [2.45, 2.75) is 6.61 Å². The number of para-hydroxylation sites is 2. The van der Waals surface area contributed by atoms with Gasteiger partial charge in [0.2, 0.25) is 0 Å². The Kier molecular flexibility index (Phi) is 4.14. The predicted octanol–water partition coefficient (Wildman–Crippen LogP) is 2.71. The Balaban J connectivity index is 1.79. The zero-order chi connectivity index (χ0) is 16.2. The number of ether oxygens (including phenoxy) is 3. The first kappa shape index (κ1) is 14.9. The fourth-order valence-corrected chi connectivity index (χ4v) is 2.24. The molecule has 0 amide bonds. The van der Waals surface area contributed by atoms with E-state index < -0.39 is 0 Å². The van der Waals surface area contributed by atoms with Crippen LogP contribution in [0.3, 0.4) is 0 Å². The molecule has 118 valence electrons. The van der Waals surface area contributed by atoms with Gasteiger partial charge in [0.25, 0.3) is 0 Å². The van der Waals surface area contributed by atoms with Gasteiger partial charge in [-0.25, -0.2) is 9.78 Å². The highest BCUT2D eigenvalue weighted by Crippen LogP contribution is 2.26. The molecule has 6 heteroatoms. The number of rotatable bonds is 5. The Morgan fingerprint density at radius 3 is 2.70 bits per heavy atom. The summed E-state index contributed by atoms with van der Waals surface area (Å²) in [7, 11) is 2.95. The molecule has 0 atom stereocenters. The summed E-state index contributed by atoms with van der Waals surface area (Å²) in [5.74, 6) is 0.939. The number of carbonyl (C=O) groups excluding carboxylic acids is 1. The third-order valence-corrected chi connectivity index (χ3v) is 3.38. The molecule has 0 saturated heterocycles. The smallest absolute Gasteiger partial charge is 0.338 e. The molecule has 0 aliphatic rings. The first-order valence-electron chi connectivity index (χ1n) is 7.03. The molecule has 0 saturated carbocycles. The van der Waals surface area contributed by atoms with Crippen LogP contribution in [0.2, 0.25) is 0 Å². The number of fused-ring (bicyclic) bond motifs is 1. The van der Waals surface area contributed by atoms with Crippen LogP contribution in [0.15, 0.2) is 48.8 Å². The third-order valence-electron chi connectivity index (χ3n) is 3.38. The first-order valence-corrected chi connectivity index (χ1v) is 7.03. The molecule has 2 heterocycles. The van der Waals surface area contributed by atoms with Gasteiger partial charge in [-0.1, -0.05) is 12.1 Å². The van der Waals surface area contributed by atoms with Crippen LogP contribution in [-0.4, -0.2) is 29.6 Å². The molecular weight excluding hydrogens is 296 g/mol. The highest BCUT2D eigenvalue weighted by molar-refractivity contribution is 5.90. The van der Waals surface area contributed by atoms with Gasteiger partial charge in [0.15, 0.2) is 11.5 Å². The second-order valence-corrected chi connectivity index (χ2v) is 4.84. The predicted molar refractivity (Wildman–Crippen MR) is 83.9 cm³/mol. The average molecular weight is 312 g/mol. The molecule has 0 spiro atoms. The Hall–Kier alpha value is -3.02. The largest absolute Gasteiger partial charge is 0.493 e. The van der Waals surface area contributed by atoms with Crippen LogP contribution in [0.5, 0.6) is 11.5 Å². The Bertz CT molecular complexity index is 841. The Morgan fingerprint density at radius 1 is 1.17 bits per heavy atom. The second kappa shape index (κ2) is 6.39. The van der Waals surface area contributed by atoms with E-state index in [2.05, 4.69) is 4.98 Å². The summed E-state index contributed by atoms with van der Waals surface area (Å²) in [6.07, 6.45) is 3.62. The summed E-state index contributed by atoms with van der Waals surface area (Å²) in [5, 5.41) is 0. The fraction of sp³-hybridized carbons (Fsp3) is 0.176. The molecule has 3 rings (SSSR count). The van der Waals surface area contributed by atoms with E-state index in [0.29, 0.717) is 29.3 Å². The number of carbonyl (C=O) groups is 1. The lowest BCUT2D eigenvalue weighted by molar-refractivity contribution is 0.0600. The van der Waals surface area contributed by atoms with Crippen molar-refractivity contribution in [3.63, 3.8) is 0 Å². The molecule has 1 aromatic carbocycles. The van der Waals surface area contributed by atoms with E-state index in [1.807, 2.05) is 34.9 Å². The van der Waals surface area contributed by atoms with Crippen LogP contribution in [0.25, 0.3) is 5.65 Å². The van der Waals surface area contributed by atoms with Crippen LogP contribution in [0.4, 0.5) is 0 Å². The summed E-state index contributed by atoms with van der Waals surface area (Å²) in [6, 6.07) is 10.8. The van der Waals surface area contributed by atoms with Gasteiger partial charge in [-0.3, -0.25) is 0 Å². The van der Waals surface area contributed by atoms with Crippen molar-refractivity contribution in [2.75, 3.05) is 14.2 Å². The van der Waals surface area contributed by atoms with E-state index in [9.17, 15) is 4.79 Å². The van der Waals surface area contributed by atoms with E-state index >= 15 is 0 Å². The number of hydrogen-bond donors (Lipinski definition) is 0. The molecule has 0 aliphatic heterocycles. The van der Waals surface area contributed by atoms with Crippen molar-refractivity contribution in [1.82, 2.24) is 9.38 Å². The van der Waals surface area contributed by atoms with Crippen LogP contribution >= 0.6 is 0 Å². The monoisotopic (exact) mass is 312 g/mol. The van der Waals surface area contributed by atoms with Gasteiger partial charge in [-0.15, -0.1) is 0 Å². The minimum Gasteiger partial charge on any atom is -0.493 e. The summed E-state index contributed by atoms with van der Waals surface area (Å²) < 4.78 is 17.5. The van der Waals surface area contributed by atoms with E-state index in [0.717, 1.165) is 5.69 Å². The number of hydrogen-bond acceptors (Lipinski definition) is 5. The van der Waals surface area contributed by atoms with Crippen molar-refractivity contribution in [1.29, 1.82) is 0 Å². The zero-order valence-corrected chi connectivity index (χ0v) is 12.9. The van der Waals surface area contributed by atoms with Crippen molar-refractivity contribution < 1.29 is 19.0 Å². The molecule has 6 nitrogen and oxygen atoms in total. The average Bonchev–Trinajstić information content (AvgIpc) is 3.01. The Labute approximate surface area is 133 Å². The molecule has 3 aromatic rings. The number of esters is 1. The maximum absolute atomic E-state index is 11.5. The maximum atomic E-state index is 11.5. The van der Waals surface area contributed by atoms with Gasteiger partial charge in [0, 0.05) is 12.4 Å². The summed E-state index contributed by atoms with van der Waals surface area (Å²) in [5.41, 5.74) is 1.87. The summed E-state index contributed by atoms with van der Waals surface area (Å²) in [4.78, 5) is 16.0. The summed E-state index contributed by atoms with van der Waals surface area (Å²) >= 11 is 0. The topological polar surface area (TPSA) is 62.1 Å². The minimum absolute atomic E-state index is 0.301. The van der Waals surface area contributed by atoms with Crippen LogP contribution in [0, 0.1) is 0 Å². The molecule has 2 aromatic heterocycles. The minimum atomic E-state index is -0.387. The van der Waals surface area contributed by atoms with Gasteiger partial charge < -0.3 is 18.6 Å². The van der Waals surface area contributed by atoms with Crippen molar-refractivity contribution in [3.8, 4) is 11.5 Å². The number of imidazole rings is 1. The van der Waals surface area contributed by atoms with Gasteiger partial charge in [0.1, 0.15) is 12.3 Å². The molecule has 0 bridgehead atoms. The molecule has 0 unspecified atom stereocenters. The normalized spacial score (nSPS) is 10.5. The number of pyridine rings is 1. The Morgan fingerprint density at radius 2 is 1.96 bits per heavy atom. The lowest BCUT2D eigenvalue weighted by Crippen LogP contribution is -2.01. The first-order chi connectivity index (χ1) is 11.2. The lowest BCUT2D eigenvalue weighted by atomic mass is 10.3. The van der Waals surface area contributed by atoms with Crippen LogP contribution in [-0.2, 0) is 11.3 Å². The van der Waals surface area contributed by atoms with Crippen LogP contribution in [0.1, 0.15) is 16.1 Å². The zero-order valence-electron chi connectivity index (χ0n) is 12.9. The van der Waals surface area contributed by atoms with E-state index in [1.165, 1.54) is 7.11 Å². The van der Waals surface area contributed by atoms with Crippen molar-refractivity contribution in [3.05, 3.63) is 60.0 Å². The molecule has 0 N–H and O–H groups in total. The maximum Gasteiger partial charge on any atom is 0.338 e. The highest BCUT2D eigenvalue weighted by Gasteiger charge is 2.09.